The van der Waals surface area contributed by atoms with Crippen LogP contribution >= 0.6 is 11.3 Å². The van der Waals surface area contributed by atoms with Gasteiger partial charge in [-0.2, -0.15) is 0 Å². The quantitative estimate of drug-likeness (QED) is 0.767. The summed E-state index contributed by atoms with van der Waals surface area (Å²) in [5.41, 5.74) is 1.61. The van der Waals surface area contributed by atoms with Gasteiger partial charge in [0.05, 0.1) is 21.2 Å². The number of thiazole rings is 1. The predicted octanol–water partition coefficient (Wildman–Crippen LogP) is 3.80. The van der Waals surface area contributed by atoms with Crippen LogP contribution in [0.5, 0.6) is 0 Å². The summed E-state index contributed by atoms with van der Waals surface area (Å²) in [5.74, 6) is -0.324. The molecule has 6 nitrogen and oxygen atoms in total. The minimum atomic E-state index is -3.41. The van der Waals surface area contributed by atoms with Crippen LogP contribution in [0.2, 0.25) is 0 Å². The molecule has 1 amide bonds. The normalized spacial score (nSPS) is 15.9. The zero-order valence-corrected chi connectivity index (χ0v) is 17.9. The summed E-state index contributed by atoms with van der Waals surface area (Å²) < 4.78 is 24.7. The molecule has 0 fully saturated rings. The Balaban J connectivity index is 1.55. The molecule has 1 heterocycles. The average molecular weight is 421 g/mol. The van der Waals surface area contributed by atoms with Crippen LogP contribution in [0, 0.1) is 12.3 Å². The highest BCUT2D eigenvalue weighted by Crippen LogP contribution is 2.38. The number of hydrogen-bond donors (Lipinski definition) is 1. The second-order valence-corrected chi connectivity index (χ2v) is 11.1. The number of ketones is 1. The molecule has 1 aliphatic carbocycles. The lowest BCUT2D eigenvalue weighted by atomic mass is 9.78. The van der Waals surface area contributed by atoms with E-state index in [0.29, 0.717) is 22.9 Å². The summed E-state index contributed by atoms with van der Waals surface area (Å²) in [5, 5.41) is 3.11. The zero-order chi connectivity index (χ0) is 20.5. The Morgan fingerprint density at radius 2 is 1.89 bits per heavy atom. The summed E-state index contributed by atoms with van der Waals surface area (Å²) in [6, 6.07) is 6.69. The highest BCUT2D eigenvalue weighted by molar-refractivity contribution is 7.91. The SMILES string of the molecule is Cc1ccc(S(=O)(=O)CCCC(=O)Nc2nc3c(s2)C(=O)CC(C)(C)C3)cc1. The first-order valence-electron chi connectivity index (χ1n) is 9.18. The maximum absolute atomic E-state index is 12.3. The van der Waals surface area contributed by atoms with Gasteiger partial charge in [-0.3, -0.25) is 9.59 Å². The lowest BCUT2D eigenvalue weighted by molar-refractivity contribution is -0.116. The Labute approximate surface area is 169 Å². The fourth-order valence-electron chi connectivity index (χ4n) is 3.24. The Kier molecular flexibility index (Phi) is 5.72. The van der Waals surface area contributed by atoms with Gasteiger partial charge in [-0.25, -0.2) is 13.4 Å². The van der Waals surface area contributed by atoms with Crippen molar-refractivity contribution in [2.24, 2.45) is 5.41 Å². The number of aromatic nitrogens is 1. The number of hydrogen-bond acceptors (Lipinski definition) is 6. The summed E-state index contributed by atoms with van der Waals surface area (Å²) >= 11 is 1.20. The van der Waals surface area contributed by atoms with E-state index in [1.807, 2.05) is 20.8 Å². The molecule has 0 saturated carbocycles. The van der Waals surface area contributed by atoms with Gasteiger partial charge in [-0.1, -0.05) is 42.9 Å². The molecular weight excluding hydrogens is 396 g/mol. The third kappa shape index (κ3) is 4.86. The molecule has 0 saturated heterocycles. The molecule has 0 aliphatic heterocycles. The van der Waals surface area contributed by atoms with Gasteiger partial charge in [0, 0.05) is 12.8 Å². The van der Waals surface area contributed by atoms with Crippen LogP contribution in [-0.2, 0) is 21.1 Å². The van der Waals surface area contributed by atoms with Crippen molar-refractivity contribution >= 4 is 38.0 Å². The van der Waals surface area contributed by atoms with E-state index in [4.69, 9.17) is 0 Å². The number of carbonyl (C=O) groups excluding carboxylic acids is 2. The first-order chi connectivity index (χ1) is 13.1. The van der Waals surface area contributed by atoms with Crippen molar-refractivity contribution in [3.05, 3.63) is 40.4 Å². The molecule has 1 aliphatic rings. The second kappa shape index (κ2) is 7.75. The number of nitrogens with one attached hydrogen (secondary N) is 1. The van der Waals surface area contributed by atoms with Crippen LogP contribution in [0.25, 0.3) is 0 Å². The van der Waals surface area contributed by atoms with Gasteiger partial charge < -0.3 is 5.32 Å². The number of rotatable bonds is 6. The molecule has 0 atom stereocenters. The summed E-state index contributed by atoms with van der Waals surface area (Å²) in [6.45, 7) is 5.95. The predicted molar refractivity (Wildman–Crippen MR) is 110 cm³/mol. The summed E-state index contributed by atoms with van der Waals surface area (Å²) in [6.07, 6.45) is 1.48. The van der Waals surface area contributed by atoms with E-state index in [0.717, 1.165) is 11.3 Å². The number of Topliss-reactive ketones (excluding diaryl/α,β-unsaturated/α-hetero) is 1. The van der Waals surface area contributed by atoms with E-state index in [-0.39, 0.29) is 40.6 Å². The fourth-order valence-corrected chi connectivity index (χ4v) is 5.49. The van der Waals surface area contributed by atoms with Crippen molar-refractivity contribution in [3.63, 3.8) is 0 Å². The van der Waals surface area contributed by atoms with Crippen molar-refractivity contribution in [1.29, 1.82) is 0 Å². The Morgan fingerprint density at radius 3 is 2.57 bits per heavy atom. The van der Waals surface area contributed by atoms with Crippen molar-refractivity contribution < 1.29 is 18.0 Å². The second-order valence-electron chi connectivity index (χ2n) is 8.02. The van der Waals surface area contributed by atoms with Crippen LogP contribution < -0.4 is 5.32 Å². The maximum atomic E-state index is 12.3. The lowest BCUT2D eigenvalue weighted by Gasteiger charge is -2.26. The van der Waals surface area contributed by atoms with E-state index in [1.54, 1.807) is 24.3 Å². The van der Waals surface area contributed by atoms with Gasteiger partial charge >= 0.3 is 0 Å². The third-order valence-corrected chi connectivity index (χ3v) is 7.55. The largest absolute Gasteiger partial charge is 0.302 e. The van der Waals surface area contributed by atoms with E-state index in [2.05, 4.69) is 10.3 Å². The van der Waals surface area contributed by atoms with Gasteiger partial charge in [0.1, 0.15) is 0 Å². The molecule has 1 aromatic carbocycles. The fraction of sp³-hybridized carbons (Fsp3) is 0.450. The van der Waals surface area contributed by atoms with Gasteiger partial charge in [0.25, 0.3) is 0 Å². The number of carbonyl (C=O) groups is 2. The minimum Gasteiger partial charge on any atom is -0.302 e. The topological polar surface area (TPSA) is 93.2 Å². The number of sulfone groups is 1. The van der Waals surface area contributed by atoms with Crippen LogP contribution in [0.4, 0.5) is 5.13 Å². The highest BCUT2D eigenvalue weighted by atomic mass is 32.2. The number of nitrogens with zero attached hydrogens (tertiary/aromatic N) is 1. The monoisotopic (exact) mass is 420 g/mol. The van der Waals surface area contributed by atoms with E-state index < -0.39 is 9.84 Å². The van der Waals surface area contributed by atoms with Gasteiger partial charge in [-0.05, 0) is 37.3 Å². The first kappa shape index (κ1) is 20.7. The van der Waals surface area contributed by atoms with Crippen molar-refractivity contribution in [3.8, 4) is 0 Å². The number of amides is 1. The molecule has 2 aromatic rings. The minimum absolute atomic E-state index is 0.0634. The number of anilines is 1. The number of fused-ring (bicyclic) bond motifs is 1. The molecule has 1 aromatic heterocycles. The maximum Gasteiger partial charge on any atom is 0.226 e. The lowest BCUT2D eigenvalue weighted by Crippen LogP contribution is -2.26. The van der Waals surface area contributed by atoms with Crippen LogP contribution in [0.3, 0.4) is 0 Å². The van der Waals surface area contributed by atoms with Crippen LogP contribution in [0.15, 0.2) is 29.2 Å². The van der Waals surface area contributed by atoms with Crippen LogP contribution in [-0.4, -0.2) is 30.8 Å². The van der Waals surface area contributed by atoms with Crippen molar-refractivity contribution in [2.75, 3.05) is 11.1 Å². The average Bonchev–Trinajstić information content (AvgIpc) is 2.96. The summed E-state index contributed by atoms with van der Waals surface area (Å²) in [7, 11) is -3.41. The Bertz CT molecular complexity index is 1010. The molecule has 3 rings (SSSR count). The number of aryl methyl sites for hydroxylation is 1. The van der Waals surface area contributed by atoms with Crippen LogP contribution in [0.1, 0.15) is 54.0 Å². The molecule has 0 unspecified atom stereocenters. The highest BCUT2D eigenvalue weighted by Gasteiger charge is 2.34. The van der Waals surface area contributed by atoms with E-state index >= 15 is 0 Å². The molecule has 0 bridgehead atoms. The first-order valence-corrected chi connectivity index (χ1v) is 11.6. The standard InChI is InChI=1S/C20H24N2O4S2/c1-13-6-8-14(9-7-13)28(25,26)10-4-5-17(24)22-19-21-15-11-20(2,3)12-16(23)18(15)27-19/h6-9H,4-5,10-12H2,1-3H3,(H,21,22,24). The Morgan fingerprint density at radius 1 is 1.21 bits per heavy atom. The molecule has 1 N–H and O–H groups in total. The third-order valence-electron chi connectivity index (χ3n) is 4.68. The molecule has 28 heavy (non-hydrogen) atoms. The molecule has 0 radical (unpaired) electrons. The molecule has 0 spiro atoms. The molecule has 8 heteroatoms. The van der Waals surface area contributed by atoms with Gasteiger partial charge in [0.2, 0.25) is 5.91 Å². The molecule has 150 valence electrons. The smallest absolute Gasteiger partial charge is 0.226 e. The summed E-state index contributed by atoms with van der Waals surface area (Å²) in [4.78, 5) is 29.7. The van der Waals surface area contributed by atoms with E-state index in [1.165, 1.54) is 11.3 Å². The molecular formula is C20H24N2O4S2. The van der Waals surface area contributed by atoms with Gasteiger partial charge in [0.15, 0.2) is 20.8 Å². The number of benzene rings is 1. The Hall–Kier alpha value is -2.06. The van der Waals surface area contributed by atoms with Crippen molar-refractivity contribution in [1.82, 2.24) is 4.98 Å². The zero-order valence-electron chi connectivity index (χ0n) is 16.2. The van der Waals surface area contributed by atoms with Crippen molar-refractivity contribution in [2.45, 2.75) is 51.3 Å². The van der Waals surface area contributed by atoms with E-state index in [9.17, 15) is 18.0 Å². The van der Waals surface area contributed by atoms with Gasteiger partial charge in [-0.15, -0.1) is 0 Å².